The summed E-state index contributed by atoms with van der Waals surface area (Å²) in [6.07, 6.45) is 2.50. The largest absolute Gasteiger partial charge is 0.497 e. The molecule has 0 heterocycles. The van der Waals surface area contributed by atoms with Crippen molar-refractivity contribution in [1.29, 1.82) is 0 Å². The van der Waals surface area contributed by atoms with Gasteiger partial charge in [-0.2, -0.15) is 5.10 Å². The van der Waals surface area contributed by atoms with Gasteiger partial charge >= 0.3 is 0 Å². The Bertz CT molecular complexity index is 898. The number of hydrazone groups is 1. The molecule has 2 rings (SSSR count). The smallest absolute Gasteiger partial charge is 0.260 e. The monoisotopic (exact) mass is 439 g/mol. The fourth-order valence-corrected chi connectivity index (χ4v) is 3.30. The Morgan fingerprint density at radius 3 is 2.54 bits per heavy atom. The Labute approximate surface area is 160 Å². The van der Waals surface area contributed by atoms with Crippen LogP contribution in [0, 0.1) is 0 Å². The number of carbonyl (C=O) groups excluding carboxylic acids is 1. The SMILES string of the molecule is COc1ccc(/C=N\NC(=O)CN(c2cccc(Br)c2)S(C)(=O)=O)cc1. The summed E-state index contributed by atoms with van der Waals surface area (Å²) in [5.74, 6) is 0.157. The molecule has 0 saturated heterocycles. The number of carbonyl (C=O) groups is 1. The molecule has 1 N–H and O–H groups in total. The first kappa shape index (κ1) is 19.9. The zero-order chi connectivity index (χ0) is 19.2. The molecule has 9 heteroatoms. The molecule has 0 aromatic heterocycles. The minimum absolute atomic E-state index is 0.380. The van der Waals surface area contributed by atoms with E-state index in [1.54, 1.807) is 55.6 Å². The molecule has 0 aliphatic rings. The van der Waals surface area contributed by atoms with Gasteiger partial charge in [-0.1, -0.05) is 22.0 Å². The van der Waals surface area contributed by atoms with Crippen molar-refractivity contribution in [2.45, 2.75) is 0 Å². The highest BCUT2D eigenvalue weighted by Crippen LogP contribution is 2.21. The van der Waals surface area contributed by atoms with E-state index < -0.39 is 15.9 Å². The lowest BCUT2D eigenvalue weighted by atomic mass is 10.2. The number of benzene rings is 2. The summed E-state index contributed by atoms with van der Waals surface area (Å²) in [5, 5.41) is 3.85. The van der Waals surface area contributed by atoms with Gasteiger partial charge in [-0.25, -0.2) is 13.8 Å². The van der Waals surface area contributed by atoms with E-state index in [9.17, 15) is 13.2 Å². The van der Waals surface area contributed by atoms with E-state index in [4.69, 9.17) is 4.74 Å². The van der Waals surface area contributed by atoms with Crippen LogP contribution >= 0.6 is 15.9 Å². The van der Waals surface area contributed by atoms with Gasteiger partial charge in [0.2, 0.25) is 10.0 Å². The van der Waals surface area contributed by atoms with Gasteiger partial charge in [-0.15, -0.1) is 0 Å². The molecule has 0 bridgehead atoms. The van der Waals surface area contributed by atoms with Crippen molar-refractivity contribution in [3.8, 4) is 5.75 Å². The van der Waals surface area contributed by atoms with Crippen molar-refractivity contribution in [2.24, 2.45) is 5.10 Å². The van der Waals surface area contributed by atoms with Crippen molar-refractivity contribution in [3.05, 3.63) is 58.6 Å². The third kappa shape index (κ3) is 5.85. The highest BCUT2D eigenvalue weighted by Gasteiger charge is 2.20. The van der Waals surface area contributed by atoms with Crippen LogP contribution in [0.1, 0.15) is 5.56 Å². The molecule has 0 spiro atoms. The summed E-state index contributed by atoms with van der Waals surface area (Å²) >= 11 is 3.29. The summed E-state index contributed by atoms with van der Waals surface area (Å²) in [5.41, 5.74) is 3.48. The van der Waals surface area contributed by atoms with Crippen LogP contribution in [-0.2, 0) is 14.8 Å². The first-order chi connectivity index (χ1) is 12.3. The van der Waals surface area contributed by atoms with E-state index in [-0.39, 0.29) is 6.54 Å². The van der Waals surface area contributed by atoms with E-state index >= 15 is 0 Å². The number of hydrogen-bond acceptors (Lipinski definition) is 5. The molecule has 7 nitrogen and oxygen atoms in total. The summed E-state index contributed by atoms with van der Waals surface area (Å²) in [6.45, 7) is -0.380. The number of ether oxygens (including phenoxy) is 1. The molecular weight excluding hydrogens is 422 g/mol. The van der Waals surface area contributed by atoms with Crippen LogP contribution in [0.3, 0.4) is 0 Å². The van der Waals surface area contributed by atoms with Crippen molar-refractivity contribution >= 4 is 43.8 Å². The second-order valence-corrected chi connectivity index (χ2v) is 8.14. The number of amides is 1. The quantitative estimate of drug-likeness (QED) is 0.529. The highest BCUT2D eigenvalue weighted by molar-refractivity contribution is 9.10. The van der Waals surface area contributed by atoms with E-state index in [0.29, 0.717) is 15.9 Å². The average molecular weight is 440 g/mol. The van der Waals surface area contributed by atoms with Crippen LogP contribution in [0.2, 0.25) is 0 Å². The molecule has 1 amide bonds. The zero-order valence-electron chi connectivity index (χ0n) is 14.2. The summed E-state index contributed by atoms with van der Waals surface area (Å²) in [6, 6.07) is 13.8. The second kappa shape index (κ2) is 8.81. The molecule has 138 valence electrons. The van der Waals surface area contributed by atoms with E-state index in [1.165, 1.54) is 6.21 Å². The number of halogens is 1. The maximum Gasteiger partial charge on any atom is 0.260 e. The van der Waals surface area contributed by atoms with Crippen molar-refractivity contribution in [1.82, 2.24) is 5.43 Å². The lowest BCUT2D eigenvalue weighted by Crippen LogP contribution is -2.39. The average Bonchev–Trinajstić information content (AvgIpc) is 2.59. The number of sulfonamides is 1. The standard InChI is InChI=1S/C17H18BrN3O4S/c1-25-16-8-6-13(7-9-16)11-19-20-17(22)12-21(26(2,23)24)15-5-3-4-14(18)10-15/h3-11H,12H2,1-2H3,(H,20,22)/b19-11-. The predicted octanol–water partition coefficient (Wildman–Crippen LogP) is 2.37. The second-order valence-electron chi connectivity index (χ2n) is 5.32. The lowest BCUT2D eigenvalue weighted by Gasteiger charge is -2.21. The maximum atomic E-state index is 12.1. The van der Waals surface area contributed by atoms with Crippen LogP contribution in [0.15, 0.2) is 58.1 Å². The van der Waals surface area contributed by atoms with Gasteiger partial charge in [0, 0.05) is 4.47 Å². The first-order valence-corrected chi connectivity index (χ1v) is 10.1. The summed E-state index contributed by atoms with van der Waals surface area (Å²) < 4.78 is 30.8. The van der Waals surface area contributed by atoms with Gasteiger partial charge in [-0.3, -0.25) is 9.10 Å². The van der Waals surface area contributed by atoms with Gasteiger partial charge in [0.15, 0.2) is 0 Å². The normalized spacial score (nSPS) is 11.3. The molecule has 0 unspecified atom stereocenters. The fraction of sp³-hybridized carbons (Fsp3) is 0.176. The van der Waals surface area contributed by atoms with Crippen LogP contribution in [0.4, 0.5) is 5.69 Å². The summed E-state index contributed by atoms with van der Waals surface area (Å²) in [7, 11) is -2.06. The topological polar surface area (TPSA) is 88.1 Å². The number of nitrogens with one attached hydrogen (secondary N) is 1. The predicted molar refractivity (Wildman–Crippen MR) is 105 cm³/mol. The Hall–Kier alpha value is -2.39. The molecule has 2 aromatic rings. The van der Waals surface area contributed by atoms with Crippen LogP contribution in [-0.4, -0.2) is 40.4 Å². The molecule has 2 aromatic carbocycles. The Kier molecular flexibility index (Phi) is 6.76. The number of methoxy groups -OCH3 is 1. The number of hydrogen-bond donors (Lipinski definition) is 1. The van der Waals surface area contributed by atoms with Gasteiger partial charge in [0.1, 0.15) is 12.3 Å². The number of nitrogens with zero attached hydrogens (tertiary/aromatic N) is 2. The minimum Gasteiger partial charge on any atom is -0.497 e. The van der Waals surface area contributed by atoms with Crippen molar-refractivity contribution in [3.63, 3.8) is 0 Å². The minimum atomic E-state index is -3.63. The summed E-state index contributed by atoms with van der Waals surface area (Å²) in [4.78, 5) is 12.1. The maximum absolute atomic E-state index is 12.1. The van der Waals surface area contributed by atoms with Crippen molar-refractivity contribution in [2.75, 3.05) is 24.2 Å². The third-order valence-corrected chi connectivity index (χ3v) is 4.94. The van der Waals surface area contributed by atoms with Crippen LogP contribution in [0.5, 0.6) is 5.75 Å². The lowest BCUT2D eigenvalue weighted by molar-refractivity contribution is -0.119. The van der Waals surface area contributed by atoms with E-state index in [0.717, 1.165) is 16.1 Å². The van der Waals surface area contributed by atoms with Gasteiger partial charge in [-0.05, 0) is 48.0 Å². The van der Waals surface area contributed by atoms with Crippen molar-refractivity contribution < 1.29 is 17.9 Å². The zero-order valence-corrected chi connectivity index (χ0v) is 16.6. The molecule has 0 aliphatic carbocycles. The molecule has 0 saturated carbocycles. The molecule has 0 fully saturated rings. The Balaban J connectivity index is 2.04. The van der Waals surface area contributed by atoms with E-state index in [1.807, 2.05) is 0 Å². The molecule has 0 atom stereocenters. The third-order valence-electron chi connectivity index (χ3n) is 3.30. The van der Waals surface area contributed by atoms with Gasteiger partial charge in [0.05, 0.1) is 25.3 Å². The fourth-order valence-electron chi connectivity index (χ4n) is 2.07. The van der Waals surface area contributed by atoms with E-state index in [2.05, 4.69) is 26.5 Å². The van der Waals surface area contributed by atoms with Gasteiger partial charge in [0.25, 0.3) is 5.91 Å². The highest BCUT2D eigenvalue weighted by atomic mass is 79.9. The van der Waals surface area contributed by atoms with Gasteiger partial charge < -0.3 is 4.74 Å². The van der Waals surface area contributed by atoms with Crippen LogP contribution in [0.25, 0.3) is 0 Å². The Morgan fingerprint density at radius 1 is 1.27 bits per heavy atom. The number of rotatable bonds is 7. The molecule has 26 heavy (non-hydrogen) atoms. The van der Waals surface area contributed by atoms with Crippen LogP contribution < -0.4 is 14.5 Å². The number of anilines is 1. The molecule has 0 radical (unpaired) electrons. The Morgan fingerprint density at radius 2 is 1.96 bits per heavy atom. The first-order valence-electron chi connectivity index (χ1n) is 7.49. The molecular formula is C17H18BrN3O4S. The molecule has 0 aliphatic heterocycles.